The van der Waals surface area contributed by atoms with E-state index in [-0.39, 0.29) is 14.5 Å². The summed E-state index contributed by atoms with van der Waals surface area (Å²) in [5.41, 5.74) is 12.8. The number of para-hydroxylation sites is 4. The monoisotopic (exact) mass is 717 g/mol. The van der Waals surface area contributed by atoms with Crippen LogP contribution in [0.3, 0.4) is 0 Å². The van der Waals surface area contributed by atoms with Gasteiger partial charge in [-0.15, -0.1) is 0 Å². The molecule has 6 heteroatoms. The number of aromatic nitrogens is 5. The fourth-order valence-electron chi connectivity index (χ4n) is 7.68. The van der Waals surface area contributed by atoms with Crippen LogP contribution in [0.2, 0.25) is 0 Å². The van der Waals surface area contributed by atoms with Gasteiger partial charge >= 0.3 is 288 Å². The van der Waals surface area contributed by atoms with E-state index < -0.39 is 0 Å². The van der Waals surface area contributed by atoms with Crippen LogP contribution in [0.4, 0.5) is 0 Å². The summed E-state index contributed by atoms with van der Waals surface area (Å²) in [7, 11) is 0. The van der Waals surface area contributed by atoms with E-state index in [2.05, 4.69) is 167 Å². The summed E-state index contributed by atoms with van der Waals surface area (Å²) in [5, 5.41) is 4.86. The van der Waals surface area contributed by atoms with Crippen LogP contribution < -0.4 is 0 Å². The molecule has 0 radical (unpaired) electrons. The Kier molecular flexibility index (Phi) is 6.20. The Morgan fingerprint density at radius 3 is 1.53 bits per heavy atom. The van der Waals surface area contributed by atoms with E-state index in [1.807, 2.05) is 6.20 Å². The van der Waals surface area contributed by atoms with E-state index in [9.17, 15) is 0 Å². The minimum absolute atomic E-state index is 0.0574. The second kappa shape index (κ2) is 11.1. The Morgan fingerprint density at radius 2 is 0.922 bits per heavy atom. The molecule has 0 N–H and O–H groups in total. The fraction of sp³-hybridized carbons (Fsp3) is 0. The second-order valence-corrected chi connectivity index (χ2v) is 15.1. The third-order valence-electron chi connectivity index (χ3n) is 9.99. The number of nitrogens with zero attached hydrogens (tertiary/aromatic N) is 5. The van der Waals surface area contributed by atoms with E-state index >= 15 is 0 Å². The quantitative estimate of drug-likeness (QED) is 0.170. The SMILES string of the molecule is c1ccc(-n2c3ccccc3c3cc(-c4ccc5[se]c6ncc(-c7ccc8c(c7)c7ccccc7n8-c7ccccc7)nc6c5n4)ccc32)cc1. The van der Waals surface area contributed by atoms with E-state index in [1.54, 1.807) is 0 Å². The average Bonchev–Trinajstić information content (AvgIpc) is 3.85. The van der Waals surface area contributed by atoms with Crippen molar-refractivity contribution in [2.45, 2.75) is 0 Å². The Labute approximate surface area is 298 Å². The van der Waals surface area contributed by atoms with Crippen LogP contribution in [0.1, 0.15) is 0 Å². The molecule has 0 aliphatic carbocycles. The molecule has 0 aliphatic rings. The van der Waals surface area contributed by atoms with Crippen LogP contribution in [0.25, 0.3) is 97.2 Å². The van der Waals surface area contributed by atoms with Crippen molar-refractivity contribution in [1.82, 2.24) is 24.1 Å². The van der Waals surface area contributed by atoms with Gasteiger partial charge < -0.3 is 0 Å². The topological polar surface area (TPSA) is 48.5 Å². The van der Waals surface area contributed by atoms with Crippen molar-refractivity contribution in [2.24, 2.45) is 0 Å². The molecule has 11 rings (SSSR count). The molecule has 0 aliphatic heterocycles. The summed E-state index contributed by atoms with van der Waals surface area (Å²) in [6.45, 7) is 0. The van der Waals surface area contributed by atoms with Gasteiger partial charge in [-0.3, -0.25) is 0 Å². The molecule has 11 aromatic rings. The van der Waals surface area contributed by atoms with E-state index in [0.29, 0.717) is 0 Å². The summed E-state index contributed by atoms with van der Waals surface area (Å²) in [4.78, 5) is 15.5. The first kappa shape index (κ1) is 28.5. The van der Waals surface area contributed by atoms with Gasteiger partial charge in [0.2, 0.25) is 0 Å². The van der Waals surface area contributed by atoms with Gasteiger partial charge in [-0.05, 0) is 0 Å². The molecule has 0 unspecified atom stereocenters. The molecule has 0 saturated carbocycles. The molecule has 0 saturated heterocycles. The molecule has 5 aromatic heterocycles. The molecule has 5 nitrogen and oxygen atoms in total. The average molecular weight is 717 g/mol. The molecule has 6 aromatic carbocycles. The first-order chi connectivity index (χ1) is 25.3. The third-order valence-corrected chi connectivity index (χ3v) is 12.2. The molecule has 238 valence electrons. The summed E-state index contributed by atoms with van der Waals surface area (Å²) < 4.78 is 6.94. The van der Waals surface area contributed by atoms with Gasteiger partial charge in [0.15, 0.2) is 0 Å². The number of fused-ring (bicyclic) bond motifs is 9. The zero-order chi connectivity index (χ0) is 33.5. The molecule has 0 amide bonds. The van der Waals surface area contributed by atoms with Gasteiger partial charge in [-0.25, -0.2) is 0 Å². The molecule has 5 heterocycles. The van der Waals surface area contributed by atoms with Crippen molar-refractivity contribution in [3.8, 4) is 33.9 Å². The van der Waals surface area contributed by atoms with Crippen molar-refractivity contribution in [2.75, 3.05) is 0 Å². The van der Waals surface area contributed by atoms with Crippen molar-refractivity contribution in [3.05, 3.63) is 164 Å². The third kappa shape index (κ3) is 4.37. The van der Waals surface area contributed by atoms with E-state index in [0.717, 1.165) is 49.3 Å². The summed E-state index contributed by atoms with van der Waals surface area (Å²) in [6, 6.07) is 56.1. The molecule has 0 fully saturated rings. The number of hydrogen-bond acceptors (Lipinski definition) is 3. The maximum atomic E-state index is 5.28. The van der Waals surface area contributed by atoms with Crippen molar-refractivity contribution >= 4 is 77.8 Å². The van der Waals surface area contributed by atoms with Crippen molar-refractivity contribution in [1.29, 1.82) is 0 Å². The molecular weight excluding hydrogens is 689 g/mol. The van der Waals surface area contributed by atoms with Gasteiger partial charge in [-0.1, -0.05) is 12.1 Å². The number of rotatable bonds is 4. The van der Waals surface area contributed by atoms with Gasteiger partial charge in [0.25, 0.3) is 0 Å². The predicted molar refractivity (Wildman–Crippen MR) is 211 cm³/mol. The van der Waals surface area contributed by atoms with E-state index in [1.165, 1.54) is 47.9 Å². The van der Waals surface area contributed by atoms with E-state index in [4.69, 9.17) is 15.0 Å². The summed E-state index contributed by atoms with van der Waals surface area (Å²) in [6.07, 6.45) is 1.93. The maximum absolute atomic E-state index is 5.28. The normalized spacial score (nSPS) is 11.9. The van der Waals surface area contributed by atoms with Crippen molar-refractivity contribution in [3.63, 3.8) is 0 Å². The Bertz CT molecular complexity index is 2920. The fourth-order valence-corrected chi connectivity index (χ4v) is 9.63. The van der Waals surface area contributed by atoms with Gasteiger partial charge in [0, 0.05) is 0 Å². The standard InChI is InChI=1S/C45H27N5Se/c1-3-11-30(12-4-1)49-38-17-9-7-15-32(38)34-25-28(19-22-40(34)49)36-21-24-42-43(47-36)44-45(51-42)46-27-37(48-44)29-20-23-41-35(26-29)33-16-8-10-18-39(33)50(41)31-13-5-2-6-14-31/h1-27H. The van der Waals surface area contributed by atoms with Crippen LogP contribution in [0, 0.1) is 0 Å². The number of benzene rings is 6. The first-order valence-electron chi connectivity index (χ1n) is 17.0. The predicted octanol–water partition coefficient (Wildman–Crippen LogP) is 10.8. The Morgan fingerprint density at radius 1 is 0.412 bits per heavy atom. The zero-order valence-corrected chi connectivity index (χ0v) is 28.9. The van der Waals surface area contributed by atoms with Crippen LogP contribution in [-0.2, 0) is 0 Å². The number of hydrogen-bond donors (Lipinski definition) is 0. The van der Waals surface area contributed by atoms with Gasteiger partial charge in [0.05, 0.1) is 0 Å². The molecule has 0 spiro atoms. The van der Waals surface area contributed by atoms with Gasteiger partial charge in [-0.2, -0.15) is 0 Å². The van der Waals surface area contributed by atoms with Crippen LogP contribution in [-0.4, -0.2) is 38.6 Å². The molecule has 51 heavy (non-hydrogen) atoms. The molecule has 0 bridgehead atoms. The second-order valence-electron chi connectivity index (χ2n) is 12.9. The number of pyridine rings is 1. The van der Waals surface area contributed by atoms with Crippen molar-refractivity contribution < 1.29 is 0 Å². The molecule has 0 atom stereocenters. The van der Waals surface area contributed by atoms with Crippen LogP contribution in [0.5, 0.6) is 0 Å². The zero-order valence-electron chi connectivity index (χ0n) is 27.2. The van der Waals surface area contributed by atoms with Crippen LogP contribution >= 0.6 is 0 Å². The summed E-state index contributed by atoms with van der Waals surface area (Å²) in [5.74, 6) is 0. The van der Waals surface area contributed by atoms with Crippen LogP contribution in [0.15, 0.2) is 164 Å². The minimum atomic E-state index is 0.0574. The Balaban J connectivity index is 1.04. The molecular formula is C45H27N5Se. The van der Waals surface area contributed by atoms with Gasteiger partial charge in [0.1, 0.15) is 0 Å². The summed E-state index contributed by atoms with van der Waals surface area (Å²) >= 11 is 0.0574. The Hall–Kier alpha value is -6.33. The first-order valence-corrected chi connectivity index (χ1v) is 18.7.